The Morgan fingerprint density at radius 3 is 2.50 bits per heavy atom. The highest BCUT2D eigenvalue weighted by atomic mass is 32.1. The average Bonchev–Trinajstić information content (AvgIpc) is 3.44. The number of ketones is 1. The van der Waals surface area contributed by atoms with E-state index >= 15 is 0 Å². The van der Waals surface area contributed by atoms with Gasteiger partial charge in [-0.15, -0.1) is 11.3 Å². The molecule has 1 saturated heterocycles. The van der Waals surface area contributed by atoms with Gasteiger partial charge >= 0.3 is 0 Å². The first-order valence-electron chi connectivity index (χ1n) is 10.5. The van der Waals surface area contributed by atoms with Crippen molar-refractivity contribution >= 4 is 23.0 Å². The van der Waals surface area contributed by atoms with Gasteiger partial charge in [-0.3, -0.25) is 9.59 Å². The minimum atomic E-state index is -0.794. The zero-order chi connectivity index (χ0) is 22.5. The molecular weight excluding hydrogens is 426 g/mol. The van der Waals surface area contributed by atoms with Crippen molar-refractivity contribution in [1.29, 1.82) is 0 Å². The van der Waals surface area contributed by atoms with Crippen molar-refractivity contribution in [2.24, 2.45) is 0 Å². The molecule has 0 saturated carbocycles. The van der Waals surface area contributed by atoms with Crippen molar-refractivity contribution in [3.63, 3.8) is 0 Å². The third-order valence-corrected chi connectivity index (χ3v) is 6.38. The minimum Gasteiger partial charge on any atom is -0.508 e. The monoisotopic (exact) mass is 451 g/mol. The fraction of sp³-hybridized carbons (Fsp3) is 0.280. The maximum Gasteiger partial charge on any atom is 0.250 e. The second-order valence-corrected chi connectivity index (χ2v) is 8.76. The molecule has 2 aromatic carbocycles. The molecule has 2 N–H and O–H groups in total. The molecular formula is C25H25NO5S. The quantitative estimate of drug-likeness (QED) is 0.545. The largest absolute Gasteiger partial charge is 0.508 e. The summed E-state index contributed by atoms with van der Waals surface area (Å²) in [6.45, 7) is 2.03. The minimum absolute atomic E-state index is 0.00614. The van der Waals surface area contributed by atoms with E-state index in [9.17, 15) is 14.7 Å². The number of phenols is 1. The average molecular weight is 452 g/mol. The fourth-order valence-corrected chi connectivity index (χ4v) is 4.32. The molecule has 6 nitrogen and oxygen atoms in total. The van der Waals surface area contributed by atoms with Crippen LogP contribution in [0.5, 0.6) is 5.75 Å². The van der Waals surface area contributed by atoms with Crippen LogP contribution in [0.4, 0.5) is 0 Å². The van der Waals surface area contributed by atoms with Crippen LogP contribution in [0.3, 0.4) is 0 Å². The molecule has 3 aromatic rings. The first kappa shape index (κ1) is 22.2. The molecule has 0 radical (unpaired) electrons. The number of nitrogens with one attached hydrogen (secondary N) is 1. The molecule has 1 aromatic heterocycles. The summed E-state index contributed by atoms with van der Waals surface area (Å²) in [6, 6.07) is 18.1. The number of phenolic OH excluding ortho intramolecular Hbond substituents is 1. The number of amides is 1. The van der Waals surface area contributed by atoms with Crippen molar-refractivity contribution in [3.8, 4) is 16.2 Å². The van der Waals surface area contributed by atoms with Crippen molar-refractivity contribution < 1.29 is 24.2 Å². The molecule has 1 aliphatic rings. The van der Waals surface area contributed by atoms with Crippen LogP contribution in [0.25, 0.3) is 10.4 Å². The molecule has 32 heavy (non-hydrogen) atoms. The number of thiophene rings is 1. The van der Waals surface area contributed by atoms with Gasteiger partial charge in [0, 0.05) is 11.3 Å². The molecule has 3 unspecified atom stereocenters. The lowest BCUT2D eigenvalue weighted by Gasteiger charge is -2.21. The topological polar surface area (TPSA) is 84.9 Å². The number of hydrogen-bond acceptors (Lipinski definition) is 6. The smallest absolute Gasteiger partial charge is 0.250 e. The number of carbonyl (C=O) groups is 2. The molecule has 166 valence electrons. The third-order valence-electron chi connectivity index (χ3n) is 5.46. The van der Waals surface area contributed by atoms with Gasteiger partial charge in [0.05, 0.1) is 12.7 Å². The lowest BCUT2D eigenvalue weighted by Crippen LogP contribution is -2.49. The normalized spacial score (nSPS) is 19.1. The summed E-state index contributed by atoms with van der Waals surface area (Å²) >= 11 is 1.68. The van der Waals surface area contributed by atoms with Crippen molar-refractivity contribution in [2.75, 3.05) is 6.61 Å². The van der Waals surface area contributed by atoms with E-state index in [-0.39, 0.29) is 36.8 Å². The highest BCUT2D eigenvalue weighted by molar-refractivity contribution is 7.13. The van der Waals surface area contributed by atoms with Crippen LogP contribution in [0, 0.1) is 0 Å². The Labute approximate surface area is 190 Å². The standard InChI is InChI=1S/C25H25NO5S/c1-16-24(21(28)15-30-16)26-25(29)22(13-17-6-10-20(27)11-7-17)31-14-18-4-8-19(9-5-18)23-3-2-12-32-23/h2-12,16,22,24,27H,13-15H2,1H3,(H,26,29). The SMILES string of the molecule is CC1OCC(=O)C1NC(=O)C(Cc1ccc(O)cc1)OCc1ccc(-c2cccs2)cc1. The van der Waals surface area contributed by atoms with Gasteiger partial charge in [0.25, 0.3) is 0 Å². The Balaban J connectivity index is 1.44. The number of carbonyl (C=O) groups excluding carboxylic acids is 2. The lowest BCUT2D eigenvalue weighted by molar-refractivity contribution is -0.136. The second kappa shape index (κ2) is 10.1. The van der Waals surface area contributed by atoms with E-state index in [4.69, 9.17) is 9.47 Å². The number of ether oxygens (including phenoxy) is 2. The predicted octanol–water partition coefficient (Wildman–Crippen LogP) is 3.72. The van der Waals surface area contributed by atoms with Crippen molar-refractivity contribution in [3.05, 3.63) is 77.2 Å². The van der Waals surface area contributed by atoms with E-state index in [1.165, 1.54) is 4.88 Å². The van der Waals surface area contributed by atoms with Crippen LogP contribution in [-0.2, 0) is 32.1 Å². The highest BCUT2D eigenvalue weighted by Gasteiger charge is 2.35. The summed E-state index contributed by atoms with van der Waals surface area (Å²) in [7, 11) is 0. The Kier molecular flexibility index (Phi) is 6.99. The van der Waals surface area contributed by atoms with E-state index in [0.29, 0.717) is 6.42 Å². The predicted molar refractivity (Wildman–Crippen MR) is 122 cm³/mol. The molecule has 4 rings (SSSR count). The first-order valence-corrected chi connectivity index (χ1v) is 11.3. The van der Waals surface area contributed by atoms with E-state index in [1.807, 2.05) is 35.7 Å². The molecule has 1 fully saturated rings. The van der Waals surface area contributed by atoms with Gasteiger partial charge in [-0.05, 0) is 47.2 Å². The Bertz CT molecular complexity index is 1050. The molecule has 2 heterocycles. The number of aromatic hydroxyl groups is 1. The number of rotatable bonds is 8. The molecule has 0 spiro atoms. The van der Waals surface area contributed by atoms with Crippen LogP contribution in [-0.4, -0.2) is 41.7 Å². The summed E-state index contributed by atoms with van der Waals surface area (Å²) in [6.07, 6.45) is -0.849. The summed E-state index contributed by atoms with van der Waals surface area (Å²) in [5, 5.41) is 14.4. The number of Topliss-reactive ketones (excluding diaryl/α,β-unsaturated/α-hetero) is 1. The maximum atomic E-state index is 13.0. The summed E-state index contributed by atoms with van der Waals surface area (Å²) in [4.78, 5) is 26.2. The van der Waals surface area contributed by atoms with Crippen LogP contribution in [0.2, 0.25) is 0 Å². The molecule has 1 aliphatic heterocycles. The van der Waals surface area contributed by atoms with E-state index in [1.54, 1.807) is 42.5 Å². The molecule has 0 aliphatic carbocycles. The first-order chi connectivity index (χ1) is 15.5. The van der Waals surface area contributed by atoms with Crippen LogP contribution in [0.15, 0.2) is 66.0 Å². The highest BCUT2D eigenvalue weighted by Crippen LogP contribution is 2.25. The molecule has 1 amide bonds. The number of hydrogen-bond donors (Lipinski definition) is 2. The van der Waals surface area contributed by atoms with E-state index < -0.39 is 12.1 Å². The lowest BCUT2D eigenvalue weighted by atomic mass is 10.1. The Morgan fingerprint density at radius 1 is 1.16 bits per heavy atom. The van der Waals surface area contributed by atoms with E-state index in [0.717, 1.165) is 16.7 Å². The summed E-state index contributed by atoms with van der Waals surface area (Å²) in [5.74, 6) is -0.341. The van der Waals surface area contributed by atoms with Gasteiger partial charge < -0.3 is 19.9 Å². The fourth-order valence-electron chi connectivity index (χ4n) is 3.58. The van der Waals surface area contributed by atoms with Crippen LogP contribution in [0.1, 0.15) is 18.1 Å². The number of benzene rings is 2. The van der Waals surface area contributed by atoms with Gasteiger partial charge in [0.1, 0.15) is 24.5 Å². The second-order valence-electron chi connectivity index (χ2n) is 7.81. The zero-order valence-electron chi connectivity index (χ0n) is 17.7. The Morgan fingerprint density at radius 2 is 1.88 bits per heavy atom. The van der Waals surface area contributed by atoms with Gasteiger partial charge in [0.2, 0.25) is 5.91 Å². The van der Waals surface area contributed by atoms with Crippen LogP contribution < -0.4 is 5.32 Å². The van der Waals surface area contributed by atoms with Gasteiger partial charge in [-0.1, -0.05) is 42.5 Å². The van der Waals surface area contributed by atoms with Crippen molar-refractivity contribution in [2.45, 2.75) is 38.2 Å². The Hall–Kier alpha value is -3.00. The van der Waals surface area contributed by atoms with Gasteiger partial charge in [0.15, 0.2) is 5.78 Å². The van der Waals surface area contributed by atoms with Gasteiger partial charge in [-0.25, -0.2) is 0 Å². The maximum absolute atomic E-state index is 13.0. The molecule has 7 heteroatoms. The summed E-state index contributed by atoms with van der Waals surface area (Å²) in [5.41, 5.74) is 2.93. The van der Waals surface area contributed by atoms with Crippen LogP contribution >= 0.6 is 11.3 Å². The summed E-state index contributed by atoms with van der Waals surface area (Å²) < 4.78 is 11.3. The zero-order valence-corrected chi connectivity index (χ0v) is 18.5. The van der Waals surface area contributed by atoms with Gasteiger partial charge in [-0.2, -0.15) is 0 Å². The third kappa shape index (κ3) is 5.43. The molecule has 3 atom stereocenters. The molecule has 0 bridgehead atoms. The van der Waals surface area contributed by atoms with E-state index in [2.05, 4.69) is 11.4 Å². The van der Waals surface area contributed by atoms with Crippen molar-refractivity contribution in [1.82, 2.24) is 5.32 Å².